The van der Waals surface area contributed by atoms with Crippen molar-refractivity contribution < 1.29 is 59.2 Å². The molecule has 3 aromatic carbocycles. The van der Waals surface area contributed by atoms with Crippen molar-refractivity contribution in [2.75, 3.05) is 25.6 Å². The van der Waals surface area contributed by atoms with Crippen LogP contribution < -0.4 is 10.1 Å². The number of anilines is 1. The Bertz CT molecular complexity index is 2680. The lowest BCUT2D eigenvalue weighted by Crippen LogP contribution is -2.65. The SMILES string of the molecule is COCC(O)C(C)(O)CNc1cc(CO)cc(C2C#CC3CC(=O)Oc4c3cc(c(O)c4C3CCCCC3)CC3OC(=O)C(=CC(O)Cc4cccc(c4)CC4C(=O)CCC5C4CC4CCCCC4C35O)C2)c1. The van der Waals surface area contributed by atoms with Crippen molar-refractivity contribution >= 4 is 23.4 Å². The summed E-state index contributed by atoms with van der Waals surface area (Å²) in [6.45, 7) is 0.947. The molecule has 4 aliphatic carbocycles. The number of aliphatic hydroxyl groups is 5. The minimum atomic E-state index is -1.61. The number of aromatic hydroxyl groups is 1. The first kappa shape index (κ1) is 51.4. The first-order valence-electron chi connectivity index (χ1n) is 27.0. The average molecular weight is 1000 g/mol. The highest BCUT2D eigenvalue weighted by Gasteiger charge is 2.62. The predicted molar refractivity (Wildman–Crippen MR) is 273 cm³/mol. The van der Waals surface area contributed by atoms with Crippen LogP contribution in [0.2, 0.25) is 0 Å². The number of nitrogens with one attached hydrogen (secondary N) is 1. The van der Waals surface area contributed by atoms with E-state index in [1.165, 1.54) is 20.1 Å². The number of phenols is 1. The zero-order valence-corrected chi connectivity index (χ0v) is 42.3. The number of ether oxygens (including phenoxy) is 3. The van der Waals surface area contributed by atoms with E-state index in [1.54, 1.807) is 12.1 Å². The molecule has 3 aromatic rings. The quantitative estimate of drug-likeness (QED) is 0.0635. The van der Waals surface area contributed by atoms with E-state index in [0.717, 1.165) is 75.3 Å². The number of rotatable bonds is 9. The van der Waals surface area contributed by atoms with Gasteiger partial charge in [0.15, 0.2) is 0 Å². The largest absolute Gasteiger partial charge is 0.507 e. The molecule has 3 aliphatic heterocycles. The topological polar surface area (TPSA) is 212 Å². The molecule has 4 fully saturated rings. The monoisotopic (exact) mass is 1000 g/mol. The number of Topliss-reactive ketones (excluding diaryl/α,β-unsaturated/α-hetero) is 1. The van der Waals surface area contributed by atoms with Crippen molar-refractivity contribution in [3.05, 3.63) is 99.1 Å². The van der Waals surface area contributed by atoms with Crippen LogP contribution in [-0.2, 0) is 49.7 Å². The van der Waals surface area contributed by atoms with Crippen LogP contribution >= 0.6 is 0 Å². The maximum Gasteiger partial charge on any atom is 0.334 e. The van der Waals surface area contributed by atoms with Crippen LogP contribution in [0.1, 0.15) is 154 Å². The van der Waals surface area contributed by atoms with E-state index in [0.29, 0.717) is 52.1 Å². The van der Waals surface area contributed by atoms with Gasteiger partial charge in [0.1, 0.15) is 40.7 Å². The molecule has 7 aliphatic rings. The Balaban J connectivity index is 1.18. The molecule has 73 heavy (non-hydrogen) atoms. The van der Waals surface area contributed by atoms with Gasteiger partial charge in [-0.15, -0.1) is 0 Å². The van der Waals surface area contributed by atoms with Crippen molar-refractivity contribution in [2.45, 2.75) is 170 Å². The molecular formula is C60H73NO12. The minimum Gasteiger partial charge on any atom is -0.507 e. The van der Waals surface area contributed by atoms with Crippen molar-refractivity contribution in [1.82, 2.24) is 0 Å². The summed E-state index contributed by atoms with van der Waals surface area (Å²) in [6, 6.07) is 15.1. The zero-order chi connectivity index (χ0) is 51.2. The second-order valence-corrected chi connectivity index (χ2v) is 22.9. The minimum absolute atomic E-state index is 0.0281. The molecular weight excluding hydrogens is 927 g/mol. The molecule has 390 valence electrons. The summed E-state index contributed by atoms with van der Waals surface area (Å²) in [4.78, 5) is 43.7. The number of hydrogen-bond donors (Lipinski definition) is 7. The Morgan fingerprint density at radius 1 is 0.890 bits per heavy atom. The zero-order valence-electron chi connectivity index (χ0n) is 42.3. The fourth-order valence-corrected chi connectivity index (χ4v) is 14.3. The lowest BCUT2D eigenvalue weighted by molar-refractivity contribution is -0.228. The normalized spacial score (nSPS) is 31.7. The van der Waals surface area contributed by atoms with E-state index in [1.807, 2.05) is 36.4 Å². The summed E-state index contributed by atoms with van der Waals surface area (Å²) < 4.78 is 18.2. The number of esters is 2. The smallest absolute Gasteiger partial charge is 0.334 e. The van der Waals surface area contributed by atoms with Gasteiger partial charge < -0.3 is 50.2 Å². The van der Waals surface area contributed by atoms with Crippen molar-refractivity contribution in [3.63, 3.8) is 0 Å². The molecule has 12 unspecified atom stereocenters. The summed E-state index contributed by atoms with van der Waals surface area (Å²) in [5.41, 5.74) is 1.97. The summed E-state index contributed by atoms with van der Waals surface area (Å²) in [6.07, 6.45) is 7.87. The van der Waals surface area contributed by atoms with Crippen molar-refractivity contribution in [1.29, 1.82) is 0 Å². The van der Waals surface area contributed by atoms with Crippen LogP contribution in [0, 0.1) is 41.4 Å². The van der Waals surface area contributed by atoms with E-state index in [4.69, 9.17) is 14.2 Å². The van der Waals surface area contributed by atoms with Gasteiger partial charge in [-0.05, 0) is 134 Å². The second-order valence-electron chi connectivity index (χ2n) is 22.9. The summed E-state index contributed by atoms with van der Waals surface area (Å²) in [7, 11) is 1.43. The molecule has 7 N–H and O–H groups in total. The van der Waals surface area contributed by atoms with Gasteiger partial charge in [-0.2, -0.15) is 0 Å². The molecule has 10 bridgehead atoms. The number of phenolic OH excluding ortho intramolecular Hbond substituents is 1. The van der Waals surface area contributed by atoms with E-state index in [9.17, 15) is 40.2 Å². The van der Waals surface area contributed by atoms with Crippen LogP contribution in [0.3, 0.4) is 0 Å². The maximum absolute atomic E-state index is 15.6. The van der Waals surface area contributed by atoms with E-state index in [-0.39, 0.29) is 98.6 Å². The number of benzene rings is 3. The second kappa shape index (κ2) is 21.3. The van der Waals surface area contributed by atoms with Crippen molar-refractivity contribution in [3.8, 4) is 23.3 Å². The highest BCUT2D eigenvalue weighted by atomic mass is 16.6. The van der Waals surface area contributed by atoms with Crippen LogP contribution in [0.15, 0.2) is 60.2 Å². The molecule has 13 heteroatoms. The third-order valence-corrected chi connectivity index (χ3v) is 18.1. The molecule has 3 heterocycles. The van der Waals surface area contributed by atoms with Gasteiger partial charge in [-0.1, -0.05) is 80.7 Å². The summed E-state index contributed by atoms with van der Waals surface area (Å²) >= 11 is 0. The number of aliphatic hydroxyl groups excluding tert-OH is 3. The van der Waals surface area contributed by atoms with Gasteiger partial charge in [0.2, 0.25) is 0 Å². The fraction of sp³-hybridized carbons (Fsp3) is 0.583. The molecule has 0 spiro atoms. The number of ketones is 1. The van der Waals surface area contributed by atoms with Gasteiger partial charge in [-0.3, -0.25) is 9.59 Å². The number of hydrogen-bond acceptors (Lipinski definition) is 13. The lowest BCUT2D eigenvalue weighted by atomic mass is 9.48. The van der Waals surface area contributed by atoms with E-state index >= 15 is 4.79 Å². The van der Waals surface area contributed by atoms with Gasteiger partial charge >= 0.3 is 11.9 Å². The van der Waals surface area contributed by atoms with Crippen LogP contribution in [0.25, 0.3) is 0 Å². The molecule has 0 saturated heterocycles. The first-order valence-corrected chi connectivity index (χ1v) is 27.0. The number of carbonyl (C=O) groups excluding carboxylic acids is 3. The van der Waals surface area contributed by atoms with Crippen molar-refractivity contribution in [2.24, 2.45) is 29.6 Å². The lowest BCUT2D eigenvalue weighted by Gasteiger charge is -2.59. The average Bonchev–Trinajstić information content (AvgIpc) is 3.38. The van der Waals surface area contributed by atoms with Crippen LogP contribution in [0.5, 0.6) is 11.5 Å². The van der Waals surface area contributed by atoms with E-state index < -0.39 is 59.2 Å². The molecule has 0 amide bonds. The maximum atomic E-state index is 15.6. The van der Waals surface area contributed by atoms with E-state index in [2.05, 4.69) is 17.2 Å². The molecule has 12 atom stereocenters. The Morgan fingerprint density at radius 2 is 1.64 bits per heavy atom. The first-order chi connectivity index (χ1) is 35.1. The predicted octanol–water partition coefficient (Wildman–Crippen LogP) is 7.38. The highest BCUT2D eigenvalue weighted by Crippen LogP contribution is 2.59. The highest BCUT2D eigenvalue weighted by molar-refractivity contribution is 5.89. The summed E-state index contributed by atoms with van der Waals surface area (Å²) in [5, 5.41) is 74.8. The third-order valence-electron chi connectivity index (χ3n) is 18.1. The Labute approximate surface area is 428 Å². The summed E-state index contributed by atoms with van der Waals surface area (Å²) in [5.74, 6) is 3.41. The molecule has 0 aromatic heterocycles. The van der Waals surface area contributed by atoms with Gasteiger partial charge in [-0.25, -0.2) is 4.79 Å². The number of methoxy groups -OCH3 is 1. The van der Waals surface area contributed by atoms with Crippen LogP contribution in [0.4, 0.5) is 5.69 Å². The Morgan fingerprint density at radius 3 is 2.42 bits per heavy atom. The van der Waals surface area contributed by atoms with Gasteiger partial charge in [0, 0.05) is 67.1 Å². The van der Waals surface area contributed by atoms with Gasteiger partial charge in [0.25, 0.3) is 0 Å². The van der Waals surface area contributed by atoms with Gasteiger partial charge in [0.05, 0.1) is 31.7 Å². The number of carbonyl (C=O) groups is 3. The fourth-order valence-electron chi connectivity index (χ4n) is 14.3. The van der Waals surface area contributed by atoms with Crippen LogP contribution in [-0.4, -0.2) is 98.1 Å². The third kappa shape index (κ3) is 10.4. The Kier molecular flexibility index (Phi) is 15.0. The standard InChI is InChI=1S/C60H73NO12/c1-59(69,52(65)32-71-2)33-61-44-21-36(31-62)20-41(25-44)38-15-16-39-30-54(66)73-57-46(39)28-42(56(67)55(57)37-11-4-3-5-12-37)29-53-60(70)49-14-7-6-13-40(49)27-47-48(51(64)18-17-50(47)60)23-35-10-8-9-34(19-35)22-45(63)26-43(24-38)58(68)72-53/h8-10,19-21,25-26,28,37-40,45,47-50,52-53,61-63,65,67,69-70H,3-7,11-14,17-18,22-24,27,29-33H2,1-2H3. The molecule has 0 radical (unpaired) electrons. The molecule has 10 rings (SSSR count). The molecule has 4 saturated carbocycles. The number of fused-ring (bicyclic) bond motifs is 9. The molecule has 13 nitrogen and oxygen atoms in total. The Hall–Kier alpha value is -5.07.